The molecule has 3 rings (SSSR count). The van der Waals surface area contributed by atoms with Crippen LogP contribution in [0.15, 0.2) is 53.8 Å². The SMILES string of the molecule is CCOC(=O)C1C(=O)c2ccccc2N=C1c1cccnc1. The number of ether oxygens (including phenoxy) is 1. The molecule has 0 amide bonds. The number of carbonyl (C=O) groups is 2. The first-order valence-electron chi connectivity index (χ1n) is 7.01. The van der Waals surface area contributed by atoms with E-state index in [1.165, 1.54) is 0 Å². The molecule has 0 saturated carbocycles. The van der Waals surface area contributed by atoms with Crippen molar-refractivity contribution < 1.29 is 14.3 Å². The van der Waals surface area contributed by atoms with Gasteiger partial charge in [-0.3, -0.25) is 19.6 Å². The fourth-order valence-corrected chi connectivity index (χ4v) is 2.44. The van der Waals surface area contributed by atoms with Gasteiger partial charge in [0, 0.05) is 23.5 Å². The van der Waals surface area contributed by atoms with E-state index < -0.39 is 11.9 Å². The fraction of sp³-hybridized carbons (Fsp3) is 0.176. The number of carbonyl (C=O) groups excluding carboxylic acids is 2. The van der Waals surface area contributed by atoms with E-state index in [9.17, 15) is 9.59 Å². The Hall–Kier alpha value is -2.82. The number of nitrogens with zero attached hydrogens (tertiary/aromatic N) is 2. The summed E-state index contributed by atoms with van der Waals surface area (Å²) in [6.45, 7) is 1.92. The molecule has 1 unspecified atom stereocenters. The molecule has 1 aliphatic rings. The number of fused-ring (bicyclic) bond motifs is 1. The largest absolute Gasteiger partial charge is 0.465 e. The summed E-state index contributed by atoms with van der Waals surface area (Å²) in [6, 6.07) is 10.5. The van der Waals surface area contributed by atoms with Crippen molar-refractivity contribution in [3.8, 4) is 0 Å². The van der Waals surface area contributed by atoms with Crippen molar-refractivity contribution >= 4 is 23.2 Å². The number of pyridine rings is 1. The van der Waals surface area contributed by atoms with E-state index in [4.69, 9.17) is 4.74 Å². The van der Waals surface area contributed by atoms with Crippen LogP contribution in [0.25, 0.3) is 0 Å². The zero-order valence-corrected chi connectivity index (χ0v) is 12.0. The Labute approximate surface area is 127 Å². The van der Waals surface area contributed by atoms with Crippen molar-refractivity contribution in [3.05, 3.63) is 59.9 Å². The van der Waals surface area contributed by atoms with Gasteiger partial charge in [0.2, 0.25) is 0 Å². The van der Waals surface area contributed by atoms with Crippen molar-refractivity contribution in [2.75, 3.05) is 6.61 Å². The number of aromatic nitrogens is 1. The highest BCUT2D eigenvalue weighted by Crippen LogP contribution is 2.31. The Kier molecular flexibility index (Phi) is 3.78. The van der Waals surface area contributed by atoms with Crippen molar-refractivity contribution in [1.29, 1.82) is 0 Å². The van der Waals surface area contributed by atoms with Crippen LogP contribution >= 0.6 is 0 Å². The van der Waals surface area contributed by atoms with Crippen molar-refractivity contribution in [3.63, 3.8) is 0 Å². The minimum absolute atomic E-state index is 0.213. The van der Waals surface area contributed by atoms with E-state index in [1.807, 2.05) is 0 Å². The third-order valence-electron chi connectivity index (χ3n) is 3.43. The third kappa shape index (κ3) is 2.41. The lowest BCUT2D eigenvalue weighted by Crippen LogP contribution is -2.36. The maximum absolute atomic E-state index is 12.7. The standard InChI is InChI=1S/C17H14N2O3/c1-2-22-17(21)14-15(11-6-5-9-18-10-11)19-13-8-4-3-7-12(13)16(14)20/h3-10,14H,2H2,1H3. The monoisotopic (exact) mass is 294 g/mol. The molecule has 1 aromatic carbocycles. The van der Waals surface area contributed by atoms with Crippen molar-refractivity contribution in [2.24, 2.45) is 10.9 Å². The maximum Gasteiger partial charge on any atom is 0.323 e. The number of ketones is 1. The maximum atomic E-state index is 12.7. The number of aliphatic imine (C=N–C) groups is 1. The molecule has 0 radical (unpaired) electrons. The summed E-state index contributed by atoms with van der Waals surface area (Å²) in [5.74, 6) is -1.91. The summed E-state index contributed by atoms with van der Waals surface area (Å²) in [6.07, 6.45) is 3.22. The molecule has 22 heavy (non-hydrogen) atoms. The summed E-state index contributed by atoms with van der Waals surface area (Å²) in [4.78, 5) is 33.5. The first-order valence-corrected chi connectivity index (χ1v) is 7.01. The molecule has 1 aromatic heterocycles. The molecule has 0 saturated heterocycles. The van der Waals surface area contributed by atoms with Crippen LogP contribution in [0.3, 0.4) is 0 Å². The summed E-state index contributed by atoms with van der Waals surface area (Å²) in [5, 5.41) is 0. The number of hydrogen-bond acceptors (Lipinski definition) is 5. The number of hydrogen-bond donors (Lipinski definition) is 0. The summed E-state index contributed by atoms with van der Waals surface area (Å²) >= 11 is 0. The predicted octanol–water partition coefficient (Wildman–Crippen LogP) is 2.58. The third-order valence-corrected chi connectivity index (χ3v) is 3.43. The number of esters is 1. The second-order valence-electron chi connectivity index (χ2n) is 4.81. The Morgan fingerprint density at radius 2 is 2.05 bits per heavy atom. The molecule has 0 N–H and O–H groups in total. The molecule has 2 heterocycles. The number of rotatable bonds is 3. The molecule has 5 heteroatoms. The second-order valence-corrected chi connectivity index (χ2v) is 4.81. The zero-order valence-electron chi connectivity index (χ0n) is 12.0. The van der Waals surface area contributed by atoms with Gasteiger partial charge in [-0.1, -0.05) is 18.2 Å². The summed E-state index contributed by atoms with van der Waals surface area (Å²) in [5.41, 5.74) is 2.03. The van der Waals surface area contributed by atoms with Crippen LogP contribution in [0.1, 0.15) is 22.8 Å². The highest BCUT2D eigenvalue weighted by molar-refractivity contribution is 6.31. The Balaban J connectivity index is 2.15. The lowest BCUT2D eigenvalue weighted by molar-refractivity contribution is -0.144. The van der Waals surface area contributed by atoms with Gasteiger partial charge in [-0.2, -0.15) is 0 Å². The quantitative estimate of drug-likeness (QED) is 0.644. The molecule has 2 aromatic rings. The minimum Gasteiger partial charge on any atom is -0.465 e. The summed E-state index contributed by atoms with van der Waals surface area (Å²) < 4.78 is 5.06. The van der Waals surface area contributed by atoms with E-state index in [0.29, 0.717) is 22.5 Å². The Bertz CT molecular complexity index is 754. The van der Waals surface area contributed by atoms with Gasteiger partial charge in [0.25, 0.3) is 0 Å². The topological polar surface area (TPSA) is 68.6 Å². The van der Waals surface area contributed by atoms with Gasteiger partial charge in [0.1, 0.15) is 0 Å². The molecule has 5 nitrogen and oxygen atoms in total. The van der Waals surface area contributed by atoms with Gasteiger partial charge in [-0.05, 0) is 25.1 Å². The average Bonchev–Trinajstić information content (AvgIpc) is 2.55. The lowest BCUT2D eigenvalue weighted by Gasteiger charge is -2.22. The van der Waals surface area contributed by atoms with Gasteiger partial charge >= 0.3 is 5.97 Å². The predicted molar refractivity (Wildman–Crippen MR) is 81.3 cm³/mol. The first-order chi connectivity index (χ1) is 10.7. The van der Waals surface area contributed by atoms with Gasteiger partial charge < -0.3 is 4.74 Å². The van der Waals surface area contributed by atoms with E-state index in [0.717, 1.165) is 0 Å². The fourth-order valence-electron chi connectivity index (χ4n) is 2.44. The van der Waals surface area contributed by atoms with Crippen LogP contribution in [0.5, 0.6) is 0 Å². The van der Waals surface area contributed by atoms with E-state index in [1.54, 1.807) is 55.7 Å². The molecule has 110 valence electrons. The summed E-state index contributed by atoms with van der Waals surface area (Å²) in [7, 11) is 0. The highest BCUT2D eigenvalue weighted by atomic mass is 16.5. The van der Waals surface area contributed by atoms with E-state index in [2.05, 4.69) is 9.98 Å². The van der Waals surface area contributed by atoms with Crippen molar-refractivity contribution in [2.45, 2.75) is 6.92 Å². The molecule has 0 fully saturated rings. The van der Waals surface area contributed by atoms with Crippen LogP contribution in [0.4, 0.5) is 5.69 Å². The van der Waals surface area contributed by atoms with Gasteiger partial charge in [0.05, 0.1) is 18.0 Å². The van der Waals surface area contributed by atoms with E-state index in [-0.39, 0.29) is 12.4 Å². The molecular formula is C17H14N2O3. The minimum atomic E-state index is -1.04. The zero-order chi connectivity index (χ0) is 15.5. The molecule has 0 spiro atoms. The van der Waals surface area contributed by atoms with Gasteiger partial charge in [-0.15, -0.1) is 0 Å². The van der Waals surface area contributed by atoms with Gasteiger partial charge in [-0.25, -0.2) is 0 Å². The van der Waals surface area contributed by atoms with Crippen LogP contribution in [0.2, 0.25) is 0 Å². The highest BCUT2D eigenvalue weighted by Gasteiger charge is 2.38. The second kappa shape index (κ2) is 5.89. The Morgan fingerprint density at radius 3 is 2.77 bits per heavy atom. The van der Waals surface area contributed by atoms with Crippen LogP contribution in [-0.4, -0.2) is 29.1 Å². The van der Waals surface area contributed by atoms with E-state index >= 15 is 0 Å². The van der Waals surface area contributed by atoms with Crippen LogP contribution in [0, 0.1) is 5.92 Å². The molecule has 1 atom stereocenters. The number of benzene rings is 1. The lowest BCUT2D eigenvalue weighted by atomic mass is 9.86. The first kappa shape index (κ1) is 14.1. The molecule has 0 aliphatic carbocycles. The van der Waals surface area contributed by atoms with Crippen LogP contribution < -0.4 is 0 Å². The van der Waals surface area contributed by atoms with Crippen molar-refractivity contribution in [1.82, 2.24) is 4.98 Å². The Morgan fingerprint density at radius 1 is 1.23 bits per heavy atom. The number of Topliss-reactive ketones (excluding diaryl/α,β-unsaturated/α-hetero) is 1. The number of para-hydroxylation sites is 1. The van der Waals surface area contributed by atoms with Gasteiger partial charge in [0.15, 0.2) is 11.7 Å². The smallest absolute Gasteiger partial charge is 0.323 e. The molecular weight excluding hydrogens is 280 g/mol. The van der Waals surface area contributed by atoms with Crippen LogP contribution in [-0.2, 0) is 9.53 Å². The molecule has 1 aliphatic heterocycles. The normalized spacial score (nSPS) is 16.7. The average molecular weight is 294 g/mol. The molecule has 0 bridgehead atoms.